The Morgan fingerprint density at radius 2 is 1.67 bits per heavy atom. The topological polar surface area (TPSA) is 44.5 Å². The first-order valence-corrected chi connectivity index (χ1v) is 8.13. The molecule has 2 aromatic rings. The average Bonchev–Trinajstić information content (AvgIpc) is 2.43. The van der Waals surface area contributed by atoms with E-state index in [-0.39, 0.29) is 6.04 Å². The van der Waals surface area contributed by atoms with Gasteiger partial charge in [0.1, 0.15) is 17.2 Å². The molecule has 2 aromatic carbocycles. The third-order valence-electron chi connectivity index (χ3n) is 2.91. The van der Waals surface area contributed by atoms with Gasteiger partial charge in [0.25, 0.3) is 0 Å². The maximum atomic E-state index is 5.92. The number of rotatable bonds is 5. The van der Waals surface area contributed by atoms with Gasteiger partial charge >= 0.3 is 0 Å². The Bertz CT molecular complexity index is 630. The molecule has 1 unspecified atom stereocenters. The molecule has 1 atom stereocenters. The molecule has 0 aliphatic rings. The van der Waals surface area contributed by atoms with E-state index < -0.39 is 0 Å². The molecule has 0 aromatic heterocycles. The largest absolute Gasteiger partial charge is 0.497 e. The lowest BCUT2D eigenvalue weighted by Crippen LogP contribution is -2.17. The number of nitrogens with two attached hydrogens (primary N) is 1. The Kier molecular flexibility index (Phi) is 5.67. The van der Waals surface area contributed by atoms with E-state index in [0.717, 1.165) is 32.6 Å². The normalized spacial score (nSPS) is 12.0. The molecular formula is C16H17Br2NO2. The predicted octanol–water partition coefficient (Wildman–Crippen LogP) is 4.90. The van der Waals surface area contributed by atoms with Gasteiger partial charge in [-0.25, -0.2) is 0 Å². The fourth-order valence-electron chi connectivity index (χ4n) is 1.94. The van der Waals surface area contributed by atoms with Gasteiger partial charge in [0, 0.05) is 6.04 Å². The smallest absolute Gasteiger partial charge is 0.141 e. The quantitative estimate of drug-likeness (QED) is 0.756. The van der Waals surface area contributed by atoms with Crippen molar-refractivity contribution in [2.45, 2.75) is 19.4 Å². The summed E-state index contributed by atoms with van der Waals surface area (Å²) in [5.41, 5.74) is 7.00. The van der Waals surface area contributed by atoms with Gasteiger partial charge < -0.3 is 15.2 Å². The van der Waals surface area contributed by atoms with Crippen molar-refractivity contribution in [3.63, 3.8) is 0 Å². The van der Waals surface area contributed by atoms with Gasteiger partial charge in [-0.05, 0) is 81.1 Å². The van der Waals surface area contributed by atoms with Crippen LogP contribution in [0.3, 0.4) is 0 Å². The third kappa shape index (κ3) is 4.46. The Balaban J connectivity index is 2.20. The van der Waals surface area contributed by atoms with E-state index in [4.69, 9.17) is 15.2 Å². The molecule has 21 heavy (non-hydrogen) atoms. The van der Waals surface area contributed by atoms with Gasteiger partial charge in [0.2, 0.25) is 0 Å². The first-order valence-electron chi connectivity index (χ1n) is 6.55. The lowest BCUT2D eigenvalue weighted by atomic mass is 10.1. The standard InChI is InChI=1S/C16H17Br2NO2/c1-10(19)7-11-3-5-15(13(17)8-11)21-16-6-4-12(20-2)9-14(16)18/h3-6,8-10H,7,19H2,1-2H3. The van der Waals surface area contributed by atoms with Gasteiger partial charge in [0.15, 0.2) is 0 Å². The van der Waals surface area contributed by atoms with E-state index in [1.807, 2.05) is 43.3 Å². The minimum absolute atomic E-state index is 0.138. The van der Waals surface area contributed by atoms with Gasteiger partial charge in [0.05, 0.1) is 16.1 Å². The first-order chi connectivity index (χ1) is 9.99. The van der Waals surface area contributed by atoms with E-state index in [0.29, 0.717) is 0 Å². The summed E-state index contributed by atoms with van der Waals surface area (Å²) in [5.74, 6) is 2.27. The lowest BCUT2D eigenvalue weighted by molar-refractivity contribution is 0.412. The zero-order valence-electron chi connectivity index (χ0n) is 11.9. The van der Waals surface area contributed by atoms with E-state index in [1.165, 1.54) is 5.56 Å². The van der Waals surface area contributed by atoms with E-state index in [1.54, 1.807) is 7.11 Å². The molecule has 5 heteroatoms. The number of hydrogen-bond acceptors (Lipinski definition) is 3. The molecule has 0 fully saturated rings. The van der Waals surface area contributed by atoms with Crippen molar-refractivity contribution >= 4 is 31.9 Å². The molecule has 0 saturated carbocycles. The van der Waals surface area contributed by atoms with Crippen molar-refractivity contribution < 1.29 is 9.47 Å². The van der Waals surface area contributed by atoms with Crippen LogP contribution in [-0.2, 0) is 6.42 Å². The third-order valence-corrected chi connectivity index (χ3v) is 4.15. The highest BCUT2D eigenvalue weighted by Gasteiger charge is 2.09. The number of methoxy groups -OCH3 is 1. The van der Waals surface area contributed by atoms with Crippen molar-refractivity contribution in [1.82, 2.24) is 0 Å². The molecule has 0 radical (unpaired) electrons. The fraction of sp³-hybridized carbons (Fsp3) is 0.250. The van der Waals surface area contributed by atoms with Crippen LogP contribution < -0.4 is 15.2 Å². The van der Waals surface area contributed by atoms with Crippen LogP contribution in [0.25, 0.3) is 0 Å². The number of halogens is 2. The van der Waals surface area contributed by atoms with Gasteiger partial charge in [-0.1, -0.05) is 6.07 Å². The highest BCUT2D eigenvalue weighted by atomic mass is 79.9. The highest BCUT2D eigenvalue weighted by molar-refractivity contribution is 9.11. The zero-order chi connectivity index (χ0) is 15.4. The van der Waals surface area contributed by atoms with Crippen molar-refractivity contribution in [2.75, 3.05) is 7.11 Å². The second-order valence-electron chi connectivity index (χ2n) is 4.84. The summed E-state index contributed by atoms with van der Waals surface area (Å²) in [6.07, 6.45) is 0.838. The van der Waals surface area contributed by atoms with Crippen LogP contribution >= 0.6 is 31.9 Å². The van der Waals surface area contributed by atoms with E-state index >= 15 is 0 Å². The molecule has 3 nitrogen and oxygen atoms in total. The van der Waals surface area contributed by atoms with Crippen LogP contribution in [-0.4, -0.2) is 13.2 Å². The summed E-state index contributed by atoms with van der Waals surface area (Å²) in [7, 11) is 1.63. The number of ether oxygens (including phenoxy) is 2. The Hall–Kier alpha value is -1.04. The monoisotopic (exact) mass is 413 g/mol. The summed E-state index contributed by atoms with van der Waals surface area (Å²) in [6.45, 7) is 1.99. The summed E-state index contributed by atoms with van der Waals surface area (Å²) in [6, 6.07) is 11.7. The summed E-state index contributed by atoms with van der Waals surface area (Å²) >= 11 is 7.02. The average molecular weight is 415 g/mol. The van der Waals surface area contributed by atoms with Crippen LogP contribution in [0, 0.1) is 0 Å². The van der Waals surface area contributed by atoms with Crippen LogP contribution in [0.15, 0.2) is 45.3 Å². The molecule has 0 aliphatic carbocycles. The van der Waals surface area contributed by atoms with Crippen molar-refractivity contribution in [3.8, 4) is 17.2 Å². The Morgan fingerprint density at radius 3 is 2.19 bits per heavy atom. The molecule has 2 N–H and O–H groups in total. The van der Waals surface area contributed by atoms with Crippen LogP contribution in [0.1, 0.15) is 12.5 Å². The van der Waals surface area contributed by atoms with Crippen molar-refractivity contribution in [3.05, 3.63) is 50.9 Å². The highest BCUT2D eigenvalue weighted by Crippen LogP contribution is 2.36. The molecule has 0 saturated heterocycles. The fourth-order valence-corrected chi connectivity index (χ4v) is 2.88. The molecule has 0 aliphatic heterocycles. The second-order valence-corrected chi connectivity index (χ2v) is 6.55. The SMILES string of the molecule is COc1ccc(Oc2ccc(CC(C)N)cc2Br)c(Br)c1. The van der Waals surface area contributed by atoms with Crippen LogP contribution in [0.4, 0.5) is 0 Å². The zero-order valence-corrected chi connectivity index (χ0v) is 15.1. The number of benzene rings is 2. The van der Waals surface area contributed by atoms with Gasteiger partial charge in [-0.3, -0.25) is 0 Å². The molecule has 0 amide bonds. The lowest BCUT2D eigenvalue weighted by Gasteiger charge is -2.12. The molecule has 0 heterocycles. The predicted molar refractivity (Wildman–Crippen MR) is 92.3 cm³/mol. The summed E-state index contributed by atoms with van der Waals surface area (Å²) < 4.78 is 12.8. The minimum atomic E-state index is 0.138. The van der Waals surface area contributed by atoms with Crippen molar-refractivity contribution in [1.29, 1.82) is 0 Å². The van der Waals surface area contributed by atoms with Crippen LogP contribution in [0.2, 0.25) is 0 Å². The molecule has 112 valence electrons. The van der Waals surface area contributed by atoms with Crippen molar-refractivity contribution in [2.24, 2.45) is 5.73 Å². The first kappa shape index (κ1) is 16.3. The van der Waals surface area contributed by atoms with E-state index in [2.05, 4.69) is 31.9 Å². The second kappa shape index (κ2) is 7.29. The molecule has 0 bridgehead atoms. The minimum Gasteiger partial charge on any atom is -0.497 e. The summed E-state index contributed by atoms with van der Waals surface area (Å²) in [4.78, 5) is 0. The van der Waals surface area contributed by atoms with E-state index in [9.17, 15) is 0 Å². The Morgan fingerprint density at radius 1 is 1.05 bits per heavy atom. The van der Waals surface area contributed by atoms with Gasteiger partial charge in [-0.15, -0.1) is 0 Å². The number of hydrogen-bond donors (Lipinski definition) is 1. The maximum absolute atomic E-state index is 5.92. The molecule has 0 spiro atoms. The Labute approximate surface area is 141 Å². The molecule has 2 rings (SSSR count). The maximum Gasteiger partial charge on any atom is 0.141 e. The molecular weight excluding hydrogens is 398 g/mol. The van der Waals surface area contributed by atoms with Gasteiger partial charge in [-0.2, -0.15) is 0 Å². The summed E-state index contributed by atoms with van der Waals surface area (Å²) in [5, 5.41) is 0. The van der Waals surface area contributed by atoms with Crippen LogP contribution in [0.5, 0.6) is 17.2 Å².